The van der Waals surface area contributed by atoms with Crippen LogP contribution in [-0.2, 0) is 0 Å². The highest BCUT2D eigenvalue weighted by Crippen LogP contribution is 2.30. The molecule has 18 heavy (non-hydrogen) atoms. The van der Waals surface area contributed by atoms with E-state index in [-0.39, 0.29) is 0 Å². The van der Waals surface area contributed by atoms with Crippen molar-refractivity contribution in [3.63, 3.8) is 0 Å². The summed E-state index contributed by atoms with van der Waals surface area (Å²) < 4.78 is 10.5. The number of benzene rings is 2. The molecule has 0 heterocycles. The maximum Gasteiger partial charge on any atom is 0.126 e. The van der Waals surface area contributed by atoms with Crippen molar-refractivity contribution in [2.45, 2.75) is 13.8 Å². The third-order valence-electron chi connectivity index (χ3n) is 2.51. The summed E-state index contributed by atoms with van der Waals surface area (Å²) in [5.41, 5.74) is 2.21. The molecule has 96 valence electrons. The van der Waals surface area contributed by atoms with E-state index in [2.05, 4.69) is 0 Å². The normalized spacial score (nSPS) is 9.11. The van der Waals surface area contributed by atoms with Gasteiger partial charge in [0.25, 0.3) is 0 Å². The molecule has 0 amide bonds. The lowest BCUT2D eigenvalue weighted by Gasteiger charge is -2.08. The van der Waals surface area contributed by atoms with E-state index in [9.17, 15) is 0 Å². The topological polar surface area (TPSA) is 18.5 Å². The van der Waals surface area contributed by atoms with Gasteiger partial charge in [-0.15, -0.1) is 0 Å². The highest BCUT2D eigenvalue weighted by atomic mass is 16.5. The molecule has 2 rings (SSSR count). The average molecular weight is 244 g/mol. The van der Waals surface area contributed by atoms with Crippen molar-refractivity contribution < 1.29 is 9.47 Å². The predicted molar refractivity (Wildman–Crippen MR) is 76.3 cm³/mol. The van der Waals surface area contributed by atoms with E-state index in [0.29, 0.717) is 0 Å². The summed E-state index contributed by atoms with van der Waals surface area (Å²) in [7, 11) is 3.35. The van der Waals surface area contributed by atoms with Crippen molar-refractivity contribution in [1.29, 1.82) is 0 Å². The van der Waals surface area contributed by atoms with Crippen LogP contribution >= 0.6 is 0 Å². The third kappa shape index (κ3) is 3.27. The van der Waals surface area contributed by atoms with Gasteiger partial charge in [0.15, 0.2) is 0 Å². The molecule has 2 aromatic carbocycles. The van der Waals surface area contributed by atoms with Gasteiger partial charge >= 0.3 is 0 Å². The van der Waals surface area contributed by atoms with Gasteiger partial charge in [-0.25, -0.2) is 0 Å². The van der Waals surface area contributed by atoms with E-state index < -0.39 is 0 Å². The Balaban J connectivity index is 0.000000771. The summed E-state index contributed by atoms with van der Waals surface area (Å²) in [5.74, 6) is 1.74. The van der Waals surface area contributed by atoms with Crippen molar-refractivity contribution >= 4 is 0 Å². The first-order valence-electron chi connectivity index (χ1n) is 6.12. The number of ether oxygens (including phenoxy) is 2. The molecule has 0 unspecified atom stereocenters. The number of methoxy groups -OCH3 is 2. The van der Waals surface area contributed by atoms with Crippen LogP contribution in [-0.4, -0.2) is 14.2 Å². The van der Waals surface area contributed by atoms with Crippen molar-refractivity contribution in [2.75, 3.05) is 14.2 Å². The van der Waals surface area contributed by atoms with Gasteiger partial charge in [0, 0.05) is 5.56 Å². The lowest BCUT2D eigenvalue weighted by Crippen LogP contribution is -1.87. The van der Waals surface area contributed by atoms with Crippen LogP contribution in [0.5, 0.6) is 11.5 Å². The van der Waals surface area contributed by atoms with E-state index >= 15 is 0 Å². The first kappa shape index (κ1) is 14.1. The lowest BCUT2D eigenvalue weighted by molar-refractivity contribution is 0.414. The van der Waals surface area contributed by atoms with Crippen molar-refractivity contribution in [2.24, 2.45) is 0 Å². The summed E-state index contributed by atoms with van der Waals surface area (Å²) in [6.07, 6.45) is 0. The number of hydrogen-bond donors (Lipinski definition) is 0. The zero-order valence-corrected chi connectivity index (χ0v) is 11.4. The molecular formula is C16H20O2. The fraction of sp³-hybridized carbons (Fsp3) is 0.250. The van der Waals surface area contributed by atoms with Crippen LogP contribution in [0.4, 0.5) is 0 Å². The van der Waals surface area contributed by atoms with Gasteiger partial charge in [-0.2, -0.15) is 0 Å². The molecule has 2 nitrogen and oxygen atoms in total. The Morgan fingerprint density at radius 3 is 1.89 bits per heavy atom. The molecule has 0 fully saturated rings. The van der Waals surface area contributed by atoms with Gasteiger partial charge in [-0.05, 0) is 23.8 Å². The smallest absolute Gasteiger partial charge is 0.126 e. The third-order valence-corrected chi connectivity index (χ3v) is 2.51. The summed E-state index contributed by atoms with van der Waals surface area (Å²) in [4.78, 5) is 0. The molecule has 0 bridgehead atoms. The molecule has 2 heteroatoms. The van der Waals surface area contributed by atoms with Gasteiger partial charge in [0.2, 0.25) is 0 Å². The van der Waals surface area contributed by atoms with E-state index in [0.717, 1.165) is 22.6 Å². The minimum absolute atomic E-state index is 0.860. The summed E-state index contributed by atoms with van der Waals surface area (Å²) >= 11 is 0. The molecule has 0 aliphatic heterocycles. The molecule has 0 aliphatic rings. The Bertz CT molecular complexity index is 461. The number of hydrogen-bond acceptors (Lipinski definition) is 2. The Hall–Kier alpha value is -1.96. The quantitative estimate of drug-likeness (QED) is 0.796. The molecule has 0 aliphatic carbocycles. The fourth-order valence-electron chi connectivity index (χ4n) is 1.65. The minimum Gasteiger partial charge on any atom is -0.497 e. The largest absolute Gasteiger partial charge is 0.497 e. The molecular weight excluding hydrogens is 224 g/mol. The highest BCUT2D eigenvalue weighted by molar-refractivity contribution is 5.70. The molecule has 0 radical (unpaired) electrons. The zero-order valence-electron chi connectivity index (χ0n) is 11.4. The fourth-order valence-corrected chi connectivity index (χ4v) is 1.65. The van der Waals surface area contributed by atoms with Crippen LogP contribution in [0.2, 0.25) is 0 Å². The average Bonchev–Trinajstić information content (AvgIpc) is 2.49. The molecule has 0 aromatic heterocycles. The SMILES string of the molecule is CC.COc1ccc(-c2ccccc2OC)cc1. The Labute approximate surface area is 109 Å². The first-order chi connectivity index (χ1) is 8.85. The first-order valence-corrected chi connectivity index (χ1v) is 6.12. The molecule has 0 spiro atoms. The van der Waals surface area contributed by atoms with E-state index in [1.807, 2.05) is 62.4 Å². The Kier molecular flexibility index (Phi) is 5.78. The van der Waals surface area contributed by atoms with Crippen LogP contribution in [0.15, 0.2) is 48.5 Å². The predicted octanol–water partition coefficient (Wildman–Crippen LogP) is 4.40. The number of para-hydroxylation sites is 1. The molecule has 0 atom stereocenters. The molecule has 0 saturated carbocycles. The minimum atomic E-state index is 0.860. The van der Waals surface area contributed by atoms with Gasteiger partial charge in [0.1, 0.15) is 11.5 Å². The molecule has 0 N–H and O–H groups in total. The molecule has 0 saturated heterocycles. The van der Waals surface area contributed by atoms with E-state index in [4.69, 9.17) is 9.47 Å². The Morgan fingerprint density at radius 1 is 0.722 bits per heavy atom. The van der Waals surface area contributed by atoms with Crippen LogP contribution in [0.3, 0.4) is 0 Å². The maximum absolute atomic E-state index is 5.33. The monoisotopic (exact) mass is 244 g/mol. The van der Waals surface area contributed by atoms with E-state index in [1.54, 1.807) is 14.2 Å². The zero-order chi connectivity index (χ0) is 13.4. The lowest BCUT2D eigenvalue weighted by atomic mass is 10.0. The molecule has 2 aromatic rings. The second kappa shape index (κ2) is 7.38. The van der Waals surface area contributed by atoms with Crippen molar-refractivity contribution in [1.82, 2.24) is 0 Å². The van der Waals surface area contributed by atoms with Gasteiger partial charge in [0.05, 0.1) is 14.2 Å². The Morgan fingerprint density at radius 2 is 1.33 bits per heavy atom. The van der Waals surface area contributed by atoms with Crippen LogP contribution in [0.1, 0.15) is 13.8 Å². The van der Waals surface area contributed by atoms with Crippen LogP contribution < -0.4 is 9.47 Å². The standard InChI is InChI=1S/C14H14O2.C2H6/c1-15-12-9-7-11(8-10-12)13-5-3-4-6-14(13)16-2;1-2/h3-10H,1-2H3;1-2H3. The van der Waals surface area contributed by atoms with Gasteiger partial charge in [-0.3, -0.25) is 0 Å². The second-order valence-corrected chi connectivity index (χ2v) is 3.43. The second-order valence-electron chi connectivity index (χ2n) is 3.43. The van der Waals surface area contributed by atoms with Crippen molar-refractivity contribution in [3.8, 4) is 22.6 Å². The van der Waals surface area contributed by atoms with E-state index in [1.165, 1.54) is 0 Å². The van der Waals surface area contributed by atoms with Crippen molar-refractivity contribution in [3.05, 3.63) is 48.5 Å². The van der Waals surface area contributed by atoms with Crippen LogP contribution in [0, 0.1) is 0 Å². The summed E-state index contributed by atoms with van der Waals surface area (Å²) in [6.45, 7) is 4.00. The summed E-state index contributed by atoms with van der Waals surface area (Å²) in [5, 5.41) is 0. The highest BCUT2D eigenvalue weighted by Gasteiger charge is 2.04. The number of rotatable bonds is 3. The summed E-state index contributed by atoms with van der Waals surface area (Å²) in [6, 6.07) is 15.9. The maximum atomic E-state index is 5.33. The van der Waals surface area contributed by atoms with Gasteiger partial charge < -0.3 is 9.47 Å². The van der Waals surface area contributed by atoms with Gasteiger partial charge in [-0.1, -0.05) is 44.2 Å². The van der Waals surface area contributed by atoms with Crippen LogP contribution in [0.25, 0.3) is 11.1 Å².